The van der Waals surface area contributed by atoms with E-state index in [0.717, 1.165) is 6.20 Å². The molecule has 13 heavy (non-hydrogen) atoms. The molecule has 7 heteroatoms. The number of carbonyl (C=O) groups is 1. The highest BCUT2D eigenvalue weighted by Gasteiger charge is 2.25. The molecule has 1 amide bonds. The van der Waals surface area contributed by atoms with Crippen molar-refractivity contribution < 1.29 is 9.72 Å². The van der Waals surface area contributed by atoms with Crippen LogP contribution in [-0.4, -0.2) is 33.9 Å². The monoisotopic (exact) mass is 222 g/mol. The number of alkyl halides is 1. The summed E-state index contributed by atoms with van der Waals surface area (Å²) in [6.45, 7) is 0.496. The van der Waals surface area contributed by atoms with Crippen molar-refractivity contribution in [3.8, 4) is 0 Å². The van der Waals surface area contributed by atoms with Crippen molar-refractivity contribution in [1.82, 2.24) is 4.90 Å². The first-order valence-corrected chi connectivity index (χ1v) is 5.01. The van der Waals surface area contributed by atoms with Crippen LogP contribution in [0.5, 0.6) is 0 Å². The van der Waals surface area contributed by atoms with Gasteiger partial charge < -0.3 is 0 Å². The minimum Gasteiger partial charge on any atom is -0.300 e. The summed E-state index contributed by atoms with van der Waals surface area (Å²) >= 11 is 6.62. The minimum absolute atomic E-state index is 0.143. The third-order valence-electron chi connectivity index (χ3n) is 1.46. The minimum atomic E-state index is -0.567. The summed E-state index contributed by atoms with van der Waals surface area (Å²) in [5.41, 5.74) is 0. The third kappa shape index (κ3) is 2.60. The highest BCUT2D eigenvalue weighted by Crippen LogP contribution is 2.27. The zero-order chi connectivity index (χ0) is 9.84. The summed E-state index contributed by atoms with van der Waals surface area (Å²) in [5.74, 6) is 0.248. The van der Waals surface area contributed by atoms with Crippen LogP contribution in [0.1, 0.15) is 0 Å². The van der Waals surface area contributed by atoms with Gasteiger partial charge in [0.05, 0.1) is 4.92 Å². The maximum Gasteiger partial charge on any atom is 0.264 e. The SMILES string of the molecule is O=C(CCl)N1CCSC1=C[N+](=O)[O-]. The summed E-state index contributed by atoms with van der Waals surface area (Å²) in [4.78, 5) is 22.0. The van der Waals surface area contributed by atoms with E-state index in [2.05, 4.69) is 0 Å². The van der Waals surface area contributed by atoms with Crippen LogP contribution >= 0.6 is 23.4 Å². The number of nitrogens with zero attached hydrogens (tertiary/aromatic N) is 2. The number of rotatable bonds is 2. The Bertz CT molecular complexity index is 269. The van der Waals surface area contributed by atoms with E-state index in [-0.39, 0.29) is 11.8 Å². The van der Waals surface area contributed by atoms with E-state index in [1.807, 2.05) is 0 Å². The van der Waals surface area contributed by atoms with Gasteiger partial charge in [0, 0.05) is 12.3 Å². The molecular weight excluding hydrogens is 216 g/mol. The van der Waals surface area contributed by atoms with Crippen molar-refractivity contribution in [3.05, 3.63) is 21.3 Å². The molecule has 72 valence electrons. The summed E-state index contributed by atoms with van der Waals surface area (Å²) in [5, 5.41) is 10.5. The average molecular weight is 223 g/mol. The number of carbonyl (C=O) groups excluding carboxylic acids is 1. The van der Waals surface area contributed by atoms with Crippen LogP contribution in [0, 0.1) is 10.1 Å². The Morgan fingerprint density at radius 1 is 1.85 bits per heavy atom. The molecule has 0 saturated carbocycles. The first-order valence-electron chi connectivity index (χ1n) is 3.49. The number of nitro groups is 1. The van der Waals surface area contributed by atoms with Crippen LogP contribution in [0.2, 0.25) is 0 Å². The molecule has 1 saturated heterocycles. The van der Waals surface area contributed by atoms with Gasteiger partial charge in [-0.2, -0.15) is 0 Å². The van der Waals surface area contributed by atoms with E-state index in [1.54, 1.807) is 0 Å². The number of halogens is 1. The Balaban J connectivity index is 2.75. The van der Waals surface area contributed by atoms with Crippen LogP contribution in [0.25, 0.3) is 0 Å². The van der Waals surface area contributed by atoms with Gasteiger partial charge in [-0.05, 0) is 0 Å². The van der Waals surface area contributed by atoms with Gasteiger partial charge in [0.2, 0.25) is 5.91 Å². The standard InChI is InChI=1S/C6H7ClN2O3S/c7-3-5(10)8-1-2-13-6(8)4-9(11)12/h4H,1-3H2. The normalized spacial score (nSPS) is 19.5. The van der Waals surface area contributed by atoms with Crippen molar-refractivity contribution >= 4 is 29.3 Å². The number of hydrogen-bond donors (Lipinski definition) is 0. The maximum absolute atomic E-state index is 11.1. The predicted molar refractivity (Wildman–Crippen MR) is 50.0 cm³/mol. The van der Waals surface area contributed by atoms with Crippen LogP contribution in [0.15, 0.2) is 11.2 Å². The van der Waals surface area contributed by atoms with E-state index >= 15 is 0 Å². The number of hydrogen-bond acceptors (Lipinski definition) is 4. The lowest BCUT2D eigenvalue weighted by molar-refractivity contribution is -0.403. The molecule has 0 radical (unpaired) electrons. The van der Waals surface area contributed by atoms with E-state index in [9.17, 15) is 14.9 Å². The molecule has 0 unspecified atom stereocenters. The van der Waals surface area contributed by atoms with Crippen LogP contribution in [0.3, 0.4) is 0 Å². The fourth-order valence-corrected chi connectivity index (χ4v) is 2.08. The molecule has 1 aliphatic rings. The Morgan fingerprint density at radius 2 is 2.54 bits per heavy atom. The fourth-order valence-electron chi connectivity index (χ4n) is 0.946. The molecule has 1 fully saturated rings. The van der Waals surface area contributed by atoms with E-state index in [4.69, 9.17) is 11.6 Å². The van der Waals surface area contributed by atoms with Gasteiger partial charge in [-0.25, -0.2) is 0 Å². The van der Waals surface area contributed by atoms with Gasteiger partial charge in [0.1, 0.15) is 10.9 Å². The molecule has 0 aromatic carbocycles. The molecule has 0 aliphatic carbocycles. The smallest absolute Gasteiger partial charge is 0.264 e. The molecule has 0 atom stereocenters. The van der Waals surface area contributed by atoms with E-state index in [0.29, 0.717) is 17.3 Å². The molecule has 0 spiro atoms. The van der Waals surface area contributed by atoms with Gasteiger partial charge in [-0.15, -0.1) is 23.4 Å². The summed E-state index contributed by atoms with van der Waals surface area (Å²) < 4.78 is 0. The van der Waals surface area contributed by atoms with Crippen LogP contribution in [-0.2, 0) is 4.79 Å². The van der Waals surface area contributed by atoms with Gasteiger partial charge in [-0.3, -0.25) is 19.8 Å². The molecular formula is C6H7ClN2O3S. The van der Waals surface area contributed by atoms with Gasteiger partial charge in [0.25, 0.3) is 6.20 Å². The highest BCUT2D eigenvalue weighted by molar-refractivity contribution is 8.03. The van der Waals surface area contributed by atoms with E-state index in [1.165, 1.54) is 16.7 Å². The Hall–Kier alpha value is -0.750. The second kappa shape index (κ2) is 4.48. The molecule has 1 rings (SSSR count). The molecule has 0 bridgehead atoms. The Kier molecular flexibility index (Phi) is 3.56. The molecule has 1 aliphatic heterocycles. The van der Waals surface area contributed by atoms with Gasteiger partial charge in [0.15, 0.2) is 0 Å². The summed E-state index contributed by atoms with van der Waals surface area (Å²) in [7, 11) is 0. The lowest BCUT2D eigenvalue weighted by Crippen LogP contribution is -2.27. The largest absolute Gasteiger partial charge is 0.300 e. The molecule has 0 N–H and O–H groups in total. The van der Waals surface area contributed by atoms with Crippen molar-refractivity contribution in [3.63, 3.8) is 0 Å². The topological polar surface area (TPSA) is 63.5 Å². The Morgan fingerprint density at radius 3 is 3.08 bits per heavy atom. The van der Waals surface area contributed by atoms with Crippen molar-refractivity contribution in [2.75, 3.05) is 18.2 Å². The molecule has 0 aromatic heterocycles. The number of amides is 1. The summed E-state index contributed by atoms with van der Waals surface area (Å²) in [6, 6.07) is 0. The van der Waals surface area contributed by atoms with Crippen molar-refractivity contribution in [1.29, 1.82) is 0 Å². The number of thioether (sulfide) groups is 1. The van der Waals surface area contributed by atoms with Crippen molar-refractivity contribution in [2.45, 2.75) is 0 Å². The zero-order valence-electron chi connectivity index (χ0n) is 6.60. The molecule has 0 aromatic rings. The lowest BCUT2D eigenvalue weighted by atomic mass is 10.5. The Labute approximate surface area is 83.9 Å². The quantitative estimate of drug-likeness (QED) is 0.395. The van der Waals surface area contributed by atoms with E-state index < -0.39 is 4.92 Å². The van der Waals surface area contributed by atoms with Gasteiger partial charge >= 0.3 is 0 Å². The average Bonchev–Trinajstić information content (AvgIpc) is 2.50. The first-order chi connectivity index (χ1) is 6.15. The van der Waals surface area contributed by atoms with Crippen LogP contribution in [0.4, 0.5) is 0 Å². The predicted octanol–water partition coefficient (Wildman–Crippen LogP) is 0.876. The summed E-state index contributed by atoms with van der Waals surface area (Å²) in [6.07, 6.45) is 0.835. The molecule has 1 heterocycles. The van der Waals surface area contributed by atoms with Crippen molar-refractivity contribution in [2.24, 2.45) is 0 Å². The third-order valence-corrected chi connectivity index (χ3v) is 2.70. The fraction of sp³-hybridized carbons (Fsp3) is 0.500. The van der Waals surface area contributed by atoms with Gasteiger partial charge in [-0.1, -0.05) is 0 Å². The second-order valence-corrected chi connectivity index (χ2v) is 3.66. The first kappa shape index (κ1) is 10.3. The van der Waals surface area contributed by atoms with Crippen LogP contribution < -0.4 is 0 Å². The zero-order valence-corrected chi connectivity index (χ0v) is 8.18. The lowest BCUT2D eigenvalue weighted by Gasteiger charge is -2.12. The maximum atomic E-state index is 11.1. The second-order valence-electron chi connectivity index (χ2n) is 2.28. The highest BCUT2D eigenvalue weighted by atomic mass is 35.5. The molecule has 5 nitrogen and oxygen atoms in total.